The molecule has 1 N–H and O–H groups in total. The first-order valence-corrected chi connectivity index (χ1v) is 15.1. The predicted molar refractivity (Wildman–Crippen MR) is 146 cm³/mol. The van der Waals surface area contributed by atoms with Crippen molar-refractivity contribution in [2.75, 3.05) is 35.5 Å². The number of piperidine rings is 1. The van der Waals surface area contributed by atoms with E-state index in [1.165, 1.54) is 25.0 Å². The van der Waals surface area contributed by atoms with E-state index < -0.39 is 10.0 Å². The Balaban J connectivity index is 1.47. The number of amides is 1. The third-order valence-corrected chi connectivity index (χ3v) is 8.22. The van der Waals surface area contributed by atoms with Crippen molar-refractivity contribution in [2.45, 2.75) is 52.0 Å². The zero-order chi connectivity index (χ0) is 26.3. The van der Waals surface area contributed by atoms with Crippen LogP contribution in [0.1, 0.15) is 66.7 Å². The number of carbonyl (C=O) groups excluding carboxylic acids is 1. The highest BCUT2D eigenvalue weighted by atomic mass is 35.5. The third kappa shape index (κ3) is 5.40. The third-order valence-electron chi connectivity index (χ3n) is 7.40. The number of aromatic nitrogens is 3. The molecule has 0 saturated carbocycles. The highest BCUT2D eigenvalue weighted by molar-refractivity contribution is 7.92. The molecule has 37 heavy (non-hydrogen) atoms. The Morgan fingerprint density at radius 2 is 2.00 bits per heavy atom. The maximum Gasteiger partial charge on any atom is 0.256 e. The molecule has 5 rings (SSSR count). The summed E-state index contributed by atoms with van der Waals surface area (Å²) in [5.41, 5.74) is 3.06. The minimum absolute atomic E-state index is 0.217. The van der Waals surface area contributed by atoms with Crippen LogP contribution in [0.5, 0.6) is 0 Å². The van der Waals surface area contributed by atoms with Crippen LogP contribution in [-0.4, -0.2) is 59.7 Å². The van der Waals surface area contributed by atoms with Gasteiger partial charge in [0.15, 0.2) is 5.65 Å². The summed E-state index contributed by atoms with van der Waals surface area (Å²) in [7, 11) is -3.57. The fourth-order valence-electron chi connectivity index (χ4n) is 5.48. The van der Waals surface area contributed by atoms with E-state index in [1.807, 2.05) is 12.3 Å². The quantitative estimate of drug-likeness (QED) is 0.484. The molecule has 11 heteroatoms. The lowest BCUT2D eigenvalue weighted by atomic mass is 9.98. The predicted octanol–water partition coefficient (Wildman–Crippen LogP) is 4.67. The first kappa shape index (κ1) is 25.8. The molecular formula is C26H33ClN6O3S. The van der Waals surface area contributed by atoms with Crippen molar-refractivity contribution in [3.63, 3.8) is 0 Å². The molecule has 4 heterocycles. The Morgan fingerprint density at radius 3 is 2.73 bits per heavy atom. The number of nitrogens with one attached hydrogen (secondary N) is 1. The summed E-state index contributed by atoms with van der Waals surface area (Å²) in [5.74, 6) is 1.43. The van der Waals surface area contributed by atoms with Gasteiger partial charge in [0.05, 0.1) is 29.2 Å². The fourth-order valence-corrected chi connectivity index (χ4v) is 6.23. The monoisotopic (exact) mass is 544 g/mol. The van der Waals surface area contributed by atoms with Crippen LogP contribution in [0.25, 0.3) is 5.65 Å². The minimum Gasteiger partial charge on any atom is -0.356 e. The molecule has 2 aliphatic rings. The lowest BCUT2D eigenvalue weighted by Crippen LogP contribution is -2.39. The normalized spacial score (nSPS) is 20.5. The number of rotatable bonds is 6. The van der Waals surface area contributed by atoms with Gasteiger partial charge in [-0.25, -0.2) is 17.9 Å². The summed E-state index contributed by atoms with van der Waals surface area (Å²) >= 11 is 6.20. The Morgan fingerprint density at radius 1 is 1.19 bits per heavy atom. The number of likely N-dealkylation sites (tertiary alicyclic amines) is 1. The van der Waals surface area contributed by atoms with Gasteiger partial charge >= 0.3 is 0 Å². The lowest BCUT2D eigenvalue weighted by Gasteiger charge is -2.35. The van der Waals surface area contributed by atoms with Gasteiger partial charge in [0.1, 0.15) is 5.82 Å². The Hall–Kier alpha value is -2.85. The van der Waals surface area contributed by atoms with Crippen LogP contribution in [-0.2, 0) is 10.0 Å². The van der Waals surface area contributed by atoms with E-state index in [9.17, 15) is 13.2 Å². The lowest BCUT2D eigenvalue weighted by molar-refractivity contribution is 0.0607. The van der Waals surface area contributed by atoms with E-state index in [2.05, 4.69) is 23.5 Å². The van der Waals surface area contributed by atoms with Gasteiger partial charge < -0.3 is 9.80 Å². The number of benzene rings is 1. The average molecular weight is 545 g/mol. The minimum atomic E-state index is -3.57. The first-order valence-electron chi connectivity index (χ1n) is 12.8. The van der Waals surface area contributed by atoms with Crippen molar-refractivity contribution in [3.8, 4) is 0 Å². The van der Waals surface area contributed by atoms with E-state index in [0.29, 0.717) is 17.5 Å². The van der Waals surface area contributed by atoms with Gasteiger partial charge in [-0.05, 0) is 56.7 Å². The molecule has 0 radical (unpaired) electrons. The molecular weight excluding hydrogens is 512 g/mol. The topological polar surface area (TPSA) is 99.9 Å². The molecule has 2 aromatic heterocycles. The molecule has 198 valence electrons. The summed E-state index contributed by atoms with van der Waals surface area (Å²) in [6.45, 7) is 6.88. The van der Waals surface area contributed by atoms with Crippen LogP contribution in [0.3, 0.4) is 0 Å². The van der Waals surface area contributed by atoms with Crippen LogP contribution in [0.4, 0.5) is 11.5 Å². The molecule has 2 atom stereocenters. The van der Waals surface area contributed by atoms with Crippen molar-refractivity contribution in [2.24, 2.45) is 5.92 Å². The van der Waals surface area contributed by atoms with Crippen molar-refractivity contribution in [3.05, 3.63) is 52.3 Å². The highest BCUT2D eigenvalue weighted by Gasteiger charge is 2.32. The standard InChI is InChI=1S/C26H33ClN6O3S/c1-4-18-10-12-31(16-18)25-17(2)15-33-24(28-25)14-22(29-33)23-7-5-6-11-32(23)26(34)20-13-19(27)8-9-21(20)30-37(3,35)36/h8-9,13-15,18,23,30H,4-7,10-12,16H2,1-3H3/t18-,23-/m0/s1. The number of fused-ring (bicyclic) bond motifs is 1. The van der Waals surface area contributed by atoms with Gasteiger partial charge in [0.2, 0.25) is 10.0 Å². The second-order valence-corrected chi connectivity index (χ2v) is 12.4. The number of hydrogen-bond donors (Lipinski definition) is 1. The van der Waals surface area contributed by atoms with Gasteiger partial charge in [-0.1, -0.05) is 24.9 Å². The van der Waals surface area contributed by atoms with Gasteiger partial charge in [-0.3, -0.25) is 9.52 Å². The van der Waals surface area contributed by atoms with Gasteiger partial charge in [0.25, 0.3) is 5.91 Å². The second kappa shape index (κ2) is 10.1. The summed E-state index contributed by atoms with van der Waals surface area (Å²) in [5, 5.41) is 5.19. The smallest absolute Gasteiger partial charge is 0.256 e. The van der Waals surface area contributed by atoms with E-state index >= 15 is 0 Å². The van der Waals surface area contributed by atoms with Crippen molar-refractivity contribution >= 4 is 44.7 Å². The molecule has 2 saturated heterocycles. The summed E-state index contributed by atoms with van der Waals surface area (Å²) in [6, 6.07) is 6.34. The molecule has 0 unspecified atom stereocenters. The van der Waals surface area contributed by atoms with Crippen LogP contribution in [0.2, 0.25) is 5.02 Å². The van der Waals surface area contributed by atoms with E-state index in [-0.39, 0.29) is 23.2 Å². The zero-order valence-electron chi connectivity index (χ0n) is 21.4. The maximum absolute atomic E-state index is 13.8. The van der Waals surface area contributed by atoms with E-state index in [1.54, 1.807) is 15.5 Å². The van der Waals surface area contributed by atoms with Gasteiger partial charge in [-0.2, -0.15) is 5.10 Å². The van der Waals surface area contributed by atoms with Crippen LogP contribution < -0.4 is 9.62 Å². The van der Waals surface area contributed by atoms with Crippen LogP contribution in [0, 0.1) is 12.8 Å². The largest absolute Gasteiger partial charge is 0.356 e. The zero-order valence-corrected chi connectivity index (χ0v) is 23.0. The number of nitrogens with zero attached hydrogens (tertiary/aromatic N) is 5. The molecule has 1 amide bonds. The van der Waals surface area contributed by atoms with Crippen LogP contribution in [0.15, 0.2) is 30.5 Å². The number of sulfonamides is 1. The van der Waals surface area contributed by atoms with Crippen molar-refractivity contribution < 1.29 is 13.2 Å². The molecule has 1 aromatic carbocycles. The molecule has 0 aliphatic carbocycles. The summed E-state index contributed by atoms with van der Waals surface area (Å²) in [4.78, 5) is 22.9. The second-order valence-electron chi connectivity index (χ2n) is 10.2. The van der Waals surface area contributed by atoms with Gasteiger partial charge in [0, 0.05) is 42.5 Å². The molecule has 3 aromatic rings. The molecule has 2 fully saturated rings. The van der Waals surface area contributed by atoms with Crippen molar-refractivity contribution in [1.29, 1.82) is 0 Å². The number of halogens is 1. The van der Waals surface area contributed by atoms with Crippen LogP contribution >= 0.6 is 11.6 Å². The fraction of sp³-hybridized carbons (Fsp3) is 0.500. The molecule has 0 spiro atoms. The molecule has 2 aliphatic heterocycles. The first-order chi connectivity index (χ1) is 17.6. The maximum atomic E-state index is 13.8. The number of anilines is 2. The average Bonchev–Trinajstić information content (AvgIpc) is 3.50. The SMILES string of the molecule is CC[C@H]1CCN(c2nc3cc([C@@H]4CCCCN4C(=O)c4cc(Cl)ccc4NS(C)(=O)=O)nn3cc2C)C1. The Labute approximate surface area is 222 Å². The van der Waals surface area contributed by atoms with Gasteiger partial charge in [-0.15, -0.1) is 0 Å². The Bertz CT molecular complexity index is 1440. The summed E-state index contributed by atoms with van der Waals surface area (Å²) in [6.07, 6.45) is 8.03. The molecule has 9 nitrogen and oxygen atoms in total. The van der Waals surface area contributed by atoms with Crippen molar-refractivity contribution in [1.82, 2.24) is 19.5 Å². The summed E-state index contributed by atoms with van der Waals surface area (Å²) < 4.78 is 28.1. The van der Waals surface area contributed by atoms with E-state index in [0.717, 1.165) is 61.3 Å². The highest BCUT2D eigenvalue weighted by Crippen LogP contribution is 2.35. The number of carbonyl (C=O) groups is 1. The number of hydrogen-bond acceptors (Lipinski definition) is 6. The number of aryl methyl sites for hydroxylation is 1. The molecule has 0 bridgehead atoms. The Kier molecular flexibility index (Phi) is 7.06. The van der Waals surface area contributed by atoms with E-state index in [4.69, 9.17) is 21.7 Å².